The summed E-state index contributed by atoms with van der Waals surface area (Å²) in [6.45, 7) is 3.48. The van der Waals surface area contributed by atoms with E-state index in [2.05, 4.69) is 15.8 Å². The Bertz CT molecular complexity index is 803. The zero-order valence-electron chi connectivity index (χ0n) is 16.7. The number of benzene rings is 1. The van der Waals surface area contributed by atoms with Crippen LogP contribution in [0, 0.1) is 0 Å². The lowest BCUT2D eigenvalue weighted by atomic mass is 10.0. The molecule has 1 fully saturated rings. The van der Waals surface area contributed by atoms with Crippen molar-refractivity contribution in [3.63, 3.8) is 0 Å². The Hall–Kier alpha value is -3.05. The highest BCUT2D eigenvalue weighted by Gasteiger charge is 2.47. The van der Waals surface area contributed by atoms with Crippen LogP contribution in [0.4, 0.5) is 0 Å². The van der Waals surface area contributed by atoms with Gasteiger partial charge in [-0.3, -0.25) is 19.8 Å². The summed E-state index contributed by atoms with van der Waals surface area (Å²) in [5.74, 6) is -1.87. The first-order chi connectivity index (χ1) is 14.3. The van der Waals surface area contributed by atoms with E-state index in [0.29, 0.717) is 0 Å². The first kappa shape index (κ1) is 23.2. The van der Waals surface area contributed by atoms with E-state index in [1.54, 1.807) is 6.21 Å². The molecule has 0 aromatic heterocycles. The van der Waals surface area contributed by atoms with Crippen LogP contribution >= 0.6 is 12.2 Å². The predicted molar refractivity (Wildman–Crippen MR) is 109 cm³/mol. The van der Waals surface area contributed by atoms with Gasteiger partial charge in [0, 0.05) is 20.8 Å². The highest BCUT2D eigenvalue weighted by Crippen LogP contribution is 2.23. The fourth-order valence-electron chi connectivity index (χ4n) is 2.73. The van der Waals surface area contributed by atoms with E-state index < -0.39 is 42.4 Å². The van der Waals surface area contributed by atoms with Crippen LogP contribution in [0.2, 0.25) is 0 Å². The first-order valence-electron chi connectivity index (χ1n) is 9.04. The van der Waals surface area contributed by atoms with Gasteiger partial charge in [0.15, 0.2) is 29.7 Å². The van der Waals surface area contributed by atoms with Crippen molar-refractivity contribution in [3.8, 4) is 0 Å². The van der Waals surface area contributed by atoms with Crippen LogP contribution in [0.1, 0.15) is 26.3 Å². The van der Waals surface area contributed by atoms with E-state index in [-0.39, 0.29) is 11.7 Å². The lowest BCUT2D eigenvalue weighted by Gasteiger charge is -2.40. The van der Waals surface area contributed by atoms with Crippen molar-refractivity contribution in [2.45, 2.75) is 45.3 Å². The van der Waals surface area contributed by atoms with Gasteiger partial charge in [-0.25, -0.2) is 0 Å². The zero-order chi connectivity index (χ0) is 22.1. The van der Waals surface area contributed by atoms with Gasteiger partial charge in [0.05, 0.1) is 12.8 Å². The average molecular weight is 437 g/mol. The molecule has 162 valence electrons. The molecule has 1 saturated heterocycles. The van der Waals surface area contributed by atoms with Gasteiger partial charge < -0.3 is 24.3 Å². The van der Waals surface area contributed by atoms with Gasteiger partial charge in [0.2, 0.25) is 0 Å². The predicted octanol–water partition coefficient (Wildman–Crippen LogP) is 0.636. The van der Waals surface area contributed by atoms with Gasteiger partial charge in [-0.15, -0.1) is 0 Å². The van der Waals surface area contributed by atoms with Gasteiger partial charge >= 0.3 is 17.9 Å². The van der Waals surface area contributed by atoms with Crippen molar-refractivity contribution in [3.05, 3.63) is 35.9 Å². The van der Waals surface area contributed by atoms with Crippen molar-refractivity contribution < 1.29 is 33.3 Å². The summed E-state index contributed by atoms with van der Waals surface area (Å²) in [6, 6.07) is 9.34. The molecule has 0 unspecified atom stereocenters. The molecule has 1 aliphatic heterocycles. The largest absolute Gasteiger partial charge is 0.456 e. The molecular formula is C19H23N3O7S. The van der Waals surface area contributed by atoms with Crippen LogP contribution in [0.3, 0.4) is 0 Å². The number of carbonyl (C=O) groups excluding carboxylic acids is 3. The number of hydrazone groups is 1. The number of rotatable bonds is 6. The van der Waals surface area contributed by atoms with Crippen LogP contribution < -0.4 is 10.7 Å². The Morgan fingerprint density at radius 1 is 1.03 bits per heavy atom. The molecule has 1 heterocycles. The lowest BCUT2D eigenvalue weighted by Crippen LogP contribution is -2.62. The summed E-state index contributed by atoms with van der Waals surface area (Å²) in [7, 11) is 0. The smallest absolute Gasteiger partial charge is 0.303 e. The van der Waals surface area contributed by atoms with Crippen LogP contribution in [-0.2, 0) is 33.3 Å². The highest BCUT2D eigenvalue weighted by molar-refractivity contribution is 7.80. The van der Waals surface area contributed by atoms with Crippen molar-refractivity contribution in [2.24, 2.45) is 5.10 Å². The standard InChI is InChI=1S/C19H23N3O7S/c1-11(23)27-15-10-26-18(17(29-13(3)25)16(15)28-12(2)24)21-19(30)22-20-9-14-7-5-4-6-8-14/h4-9,15-18H,10H2,1-3H3,(H2,21,22,30)/b20-9+/t15-,16+,17-,18-/m1/s1. The topological polar surface area (TPSA) is 125 Å². The van der Waals surface area contributed by atoms with Crippen LogP contribution in [0.25, 0.3) is 0 Å². The number of nitrogens with one attached hydrogen (secondary N) is 2. The Balaban J connectivity index is 2.09. The summed E-state index contributed by atoms with van der Waals surface area (Å²) in [4.78, 5) is 34.5. The molecule has 0 radical (unpaired) electrons. The van der Waals surface area contributed by atoms with Crippen LogP contribution in [-0.4, -0.2) is 60.4 Å². The summed E-state index contributed by atoms with van der Waals surface area (Å²) in [5.41, 5.74) is 3.49. The summed E-state index contributed by atoms with van der Waals surface area (Å²) < 4.78 is 21.3. The number of hydrogen-bond donors (Lipinski definition) is 2. The Kier molecular flexibility index (Phi) is 8.69. The van der Waals surface area contributed by atoms with Crippen molar-refractivity contribution in [1.82, 2.24) is 10.7 Å². The van der Waals surface area contributed by atoms with Crippen LogP contribution in [0.15, 0.2) is 35.4 Å². The molecule has 0 saturated carbocycles. The van der Waals surface area contributed by atoms with Crippen LogP contribution in [0.5, 0.6) is 0 Å². The zero-order valence-corrected chi connectivity index (χ0v) is 17.5. The van der Waals surface area contributed by atoms with E-state index in [4.69, 9.17) is 31.2 Å². The molecule has 1 aromatic rings. The minimum absolute atomic E-state index is 0.0804. The number of ether oxygens (including phenoxy) is 4. The fourth-order valence-corrected chi connectivity index (χ4v) is 2.90. The molecule has 30 heavy (non-hydrogen) atoms. The van der Waals surface area contributed by atoms with Gasteiger partial charge in [0.25, 0.3) is 0 Å². The number of hydrogen-bond acceptors (Lipinski definition) is 9. The molecule has 1 aliphatic rings. The summed E-state index contributed by atoms with van der Waals surface area (Å²) >= 11 is 5.19. The Morgan fingerprint density at radius 2 is 1.63 bits per heavy atom. The van der Waals surface area contributed by atoms with E-state index in [9.17, 15) is 14.4 Å². The molecule has 2 N–H and O–H groups in total. The normalized spacial score (nSPS) is 23.3. The number of carbonyl (C=O) groups is 3. The van der Waals surface area contributed by atoms with Crippen molar-refractivity contribution >= 4 is 41.5 Å². The molecule has 0 amide bonds. The number of thiocarbonyl (C=S) groups is 1. The van der Waals surface area contributed by atoms with Crippen molar-refractivity contribution in [2.75, 3.05) is 6.61 Å². The Labute approximate surface area is 178 Å². The third kappa shape index (κ3) is 7.41. The minimum atomic E-state index is -1.12. The van der Waals surface area contributed by atoms with Crippen molar-refractivity contribution in [1.29, 1.82) is 0 Å². The Morgan fingerprint density at radius 3 is 2.23 bits per heavy atom. The van der Waals surface area contributed by atoms with Gasteiger partial charge in [-0.1, -0.05) is 30.3 Å². The maximum Gasteiger partial charge on any atom is 0.303 e. The third-order valence-corrected chi connectivity index (χ3v) is 4.01. The maximum absolute atomic E-state index is 11.6. The molecule has 0 spiro atoms. The SMILES string of the molecule is CC(=O)O[C@@H]1[C@@H](OC(C)=O)[C@H](OC(C)=O)CO[C@H]1NC(=S)N/N=C/c1ccccc1. The van der Waals surface area contributed by atoms with E-state index >= 15 is 0 Å². The molecule has 1 aromatic carbocycles. The summed E-state index contributed by atoms with van der Waals surface area (Å²) in [5, 5.41) is 6.91. The van der Waals surface area contributed by atoms with Gasteiger partial charge in [-0.05, 0) is 17.8 Å². The first-order valence-corrected chi connectivity index (χ1v) is 9.45. The maximum atomic E-state index is 11.6. The fraction of sp³-hybridized carbons (Fsp3) is 0.421. The second-order valence-electron chi connectivity index (χ2n) is 6.30. The van der Waals surface area contributed by atoms with Gasteiger partial charge in [-0.2, -0.15) is 5.10 Å². The monoisotopic (exact) mass is 437 g/mol. The number of nitrogens with zero attached hydrogens (tertiary/aromatic N) is 1. The molecule has 2 rings (SSSR count). The second kappa shape index (κ2) is 11.2. The molecular weight excluding hydrogens is 414 g/mol. The second-order valence-corrected chi connectivity index (χ2v) is 6.71. The quantitative estimate of drug-likeness (QED) is 0.215. The third-order valence-electron chi connectivity index (χ3n) is 3.80. The summed E-state index contributed by atoms with van der Waals surface area (Å²) in [6.07, 6.45) is -2.57. The highest BCUT2D eigenvalue weighted by atomic mass is 32.1. The average Bonchev–Trinajstić information content (AvgIpc) is 2.66. The molecule has 0 aliphatic carbocycles. The van der Waals surface area contributed by atoms with E-state index in [1.165, 1.54) is 20.8 Å². The minimum Gasteiger partial charge on any atom is -0.456 e. The molecule has 0 bridgehead atoms. The van der Waals surface area contributed by atoms with E-state index in [1.807, 2.05) is 30.3 Å². The number of esters is 3. The lowest BCUT2D eigenvalue weighted by molar-refractivity contribution is -0.227. The molecule has 11 heteroatoms. The van der Waals surface area contributed by atoms with E-state index in [0.717, 1.165) is 5.56 Å². The van der Waals surface area contributed by atoms with Gasteiger partial charge in [0.1, 0.15) is 0 Å². The molecule has 10 nitrogen and oxygen atoms in total. The molecule has 4 atom stereocenters.